The average molecular weight is 484 g/mol. The van der Waals surface area contributed by atoms with E-state index in [9.17, 15) is 14.4 Å². The fourth-order valence-corrected chi connectivity index (χ4v) is 3.90. The number of hydrogen-bond donors (Lipinski definition) is 3. The highest BCUT2D eigenvalue weighted by Gasteiger charge is 2.24. The molecule has 0 radical (unpaired) electrons. The van der Waals surface area contributed by atoms with Gasteiger partial charge in [-0.15, -0.1) is 0 Å². The van der Waals surface area contributed by atoms with Crippen LogP contribution >= 0.6 is 0 Å². The summed E-state index contributed by atoms with van der Waals surface area (Å²) in [6, 6.07) is 23.7. The first kappa shape index (κ1) is 24.7. The maximum atomic E-state index is 12.9. The largest absolute Gasteiger partial charge is 0.459 e. The fraction of sp³-hybridized carbons (Fsp3) is 0.207. The zero-order valence-corrected chi connectivity index (χ0v) is 20.3. The molecule has 184 valence electrons. The Morgan fingerprint density at radius 2 is 1.56 bits per heavy atom. The predicted octanol–water partition coefficient (Wildman–Crippen LogP) is 4.68. The molecule has 3 N–H and O–H groups in total. The third-order valence-electron chi connectivity index (χ3n) is 5.87. The Labute approximate surface area is 209 Å². The van der Waals surface area contributed by atoms with Crippen molar-refractivity contribution in [3.63, 3.8) is 0 Å². The van der Waals surface area contributed by atoms with Crippen LogP contribution < -0.4 is 16.0 Å². The maximum absolute atomic E-state index is 12.9. The molecular weight excluding hydrogens is 454 g/mol. The minimum atomic E-state index is -0.648. The Balaban J connectivity index is 1.30. The number of carbonyl (C=O) groups excluding carboxylic acids is 3. The standard InChI is InChI=1S/C29H29N3O4/c1-19(2)27(32-26(33)17-21-9-12-22-6-3-4-7-23(22)16-21)29(35)30-18-20-10-13-24(14-11-20)31-28(34)25-8-5-15-36-25/h3-16,19,27H,17-18H2,1-2H3,(H,30,35)(H,31,34)(H,32,33). The van der Waals surface area contributed by atoms with Gasteiger partial charge in [-0.2, -0.15) is 0 Å². The van der Waals surface area contributed by atoms with E-state index in [1.807, 2.05) is 68.4 Å². The summed E-state index contributed by atoms with van der Waals surface area (Å²) < 4.78 is 5.09. The highest BCUT2D eigenvalue weighted by atomic mass is 16.3. The van der Waals surface area contributed by atoms with E-state index >= 15 is 0 Å². The number of benzene rings is 3. The lowest BCUT2D eigenvalue weighted by molar-refractivity contribution is -0.129. The molecule has 0 saturated heterocycles. The van der Waals surface area contributed by atoms with Crippen LogP contribution in [-0.4, -0.2) is 23.8 Å². The maximum Gasteiger partial charge on any atom is 0.291 e. The number of anilines is 1. The molecule has 4 rings (SSSR count). The van der Waals surface area contributed by atoms with Gasteiger partial charge in [0, 0.05) is 12.2 Å². The topological polar surface area (TPSA) is 100 Å². The predicted molar refractivity (Wildman–Crippen MR) is 139 cm³/mol. The molecule has 1 atom stereocenters. The number of fused-ring (bicyclic) bond motifs is 1. The summed E-state index contributed by atoms with van der Waals surface area (Å²) >= 11 is 0. The van der Waals surface area contributed by atoms with Crippen molar-refractivity contribution in [1.29, 1.82) is 0 Å². The monoisotopic (exact) mass is 483 g/mol. The van der Waals surface area contributed by atoms with Gasteiger partial charge in [-0.1, -0.05) is 68.4 Å². The summed E-state index contributed by atoms with van der Waals surface area (Å²) in [6.45, 7) is 4.10. The molecule has 3 aromatic carbocycles. The van der Waals surface area contributed by atoms with Crippen LogP contribution in [0.3, 0.4) is 0 Å². The van der Waals surface area contributed by atoms with Crippen LogP contribution in [0.25, 0.3) is 10.8 Å². The third kappa shape index (κ3) is 6.39. The Morgan fingerprint density at radius 3 is 2.25 bits per heavy atom. The van der Waals surface area contributed by atoms with Crippen molar-refractivity contribution in [2.75, 3.05) is 5.32 Å². The van der Waals surface area contributed by atoms with Crippen LogP contribution in [-0.2, 0) is 22.6 Å². The molecule has 0 fully saturated rings. The van der Waals surface area contributed by atoms with Crippen molar-refractivity contribution in [2.24, 2.45) is 5.92 Å². The van der Waals surface area contributed by atoms with Crippen molar-refractivity contribution in [1.82, 2.24) is 10.6 Å². The van der Waals surface area contributed by atoms with Crippen LogP contribution in [0.5, 0.6) is 0 Å². The van der Waals surface area contributed by atoms with Gasteiger partial charge in [0.1, 0.15) is 6.04 Å². The number of furan rings is 1. The summed E-state index contributed by atoms with van der Waals surface area (Å²) in [5.74, 6) is -0.624. The van der Waals surface area contributed by atoms with Crippen LogP contribution in [0.15, 0.2) is 89.5 Å². The molecule has 7 heteroatoms. The van der Waals surface area contributed by atoms with Gasteiger partial charge >= 0.3 is 0 Å². The quantitative estimate of drug-likeness (QED) is 0.322. The normalized spacial score (nSPS) is 11.8. The minimum Gasteiger partial charge on any atom is -0.459 e. The first-order valence-electron chi connectivity index (χ1n) is 11.9. The van der Waals surface area contributed by atoms with Gasteiger partial charge in [-0.05, 0) is 52.1 Å². The Hall–Kier alpha value is -4.39. The zero-order valence-electron chi connectivity index (χ0n) is 20.3. The van der Waals surface area contributed by atoms with Gasteiger partial charge in [0.25, 0.3) is 5.91 Å². The van der Waals surface area contributed by atoms with Crippen molar-refractivity contribution in [2.45, 2.75) is 32.9 Å². The lowest BCUT2D eigenvalue weighted by Crippen LogP contribution is -2.49. The summed E-state index contributed by atoms with van der Waals surface area (Å²) in [5, 5.41) is 10.7. The van der Waals surface area contributed by atoms with E-state index in [-0.39, 0.29) is 35.8 Å². The van der Waals surface area contributed by atoms with E-state index in [0.717, 1.165) is 21.9 Å². The number of nitrogens with one attached hydrogen (secondary N) is 3. The summed E-state index contributed by atoms with van der Waals surface area (Å²) in [6.07, 6.45) is 1.64. The molecule has 1 heterocycles. The van der Waals surface area contributed by atoms with Crippen molar-refractivity contribution < 1.29 is 18.8 Å². The van der Waals surface area contributed by atoms with E-state index in [4.69, 9.17) is 4.42 Å². The van der Waals surface area contributed by atoms with E-state index in [0.29, 0.717) is 12.2 Å². The zero-order chi connectivity index (χ0) is 25.5. The SMILES string of the molecule is CC(C)C(NC(=O)Cc1ccc2ccccc2c1)C(=O)NCc1ccc(NC(=O)c2ccco2)cc1. The van der Waals surface area contributed by atoms with Gasteiger partial charge < -0.3 is 20.4 Å². The number of hydrogen-bond acceptors (Lipinski definition) is 4. The number of rotatable bonds is 9. The van der Waals surface area contributed by atoms with Crippen molar-refractivity contribution in [3.05, 3.63) is 102 Å². The molecule has 0 bridgehead atoms. The first-order chi connectivity index (χ1) is 17.4. The van der Waals surface area contributed by atoms with Gasteiger partial charge in [-0.3, -0.25) is 14.4 Å². The fourth-order valence-electron chi connectivity index (χ4n) is 3.90. The Bertz CT molecular complexity index is 1340. The van der Waals surface area contributed by atoms with Crippen LogP contribution in [0.2, 0.25) is 0 Å². The lowest BCUT2D eigenvalue weighted by atomic mass is 10.0. The highest BCUT2D eigenvalue weighted by Crippen LogP contribution is 2.16. The molecule has 36 heavy (non-hydrogen) atoms. The van der Waals surface area contributed by atoms with Gasteiger partial charge in [0.2, 0.25) is 11.8 Å². The Kier molecular flexibility index (Phi) is 7.80. The van der Waals surface area contributed by atoms with Crippen molar-refractivity contribution >= 4 is 34.2 Å². The second-order valence-electron chi connectivity index (χ2n) is 8.99. The second-order valence-corrected chi connectivity index (χ2v) is 8.99. The van der Waals surface area contributed by atoms with E-state index < -0.39 is 6.04 Å². The van der Waals surface area contributed by atoms with Crippen LogP contribution in [0.1, 0.15) is 35.5 Å². The van der Waals surface area contributed by atoms with Crippen LogP contribution in [0.4, 0.5) is 5.69 Å². The molecule has 7 nitrogen and oxygen atoms in total. The summed E-state index contributed by atoms with van der Waals surface area (Å²) in [4.78, 5) is 37.7. The van der Waals surface area contributed by atoms with Crippen molar-refractivity contribution in [3.8, 4) is 0 Å². The van der Waals surface area contributed by atoms with E-state index in [2.05, 4.69) is 16.0 Å². The van der Waals surface area contributed by atoms with E-state index in [1.165, 1.54) is 6.26 Å². The Morgan fingerprint density at radius 1 is 0.833 bits per heavy atom. The molecule has 1 aromatic heterocycles. The summed E-state index contributed by atoms with van der Waals surface area (Å²) in [7, 11) is 0. The van der Waals surface area contributed by atoms with Gasteiger partial charge in [0.15, 0.2) is 5.76 Å². The molecule has 0 aliphatic carbocycles. The molecule has 4 aromatic rings. The smallest absolute Gasteiger partial charge is 0.291 e. The third-order valence-corrected chi connectivity index (χ3v) is 5.87. The highest BCUT2D eigenvalue weighted by molar-refractivity contribution is 6.02. The first-order valence-corrected chi connectivity index (χ1v) is 11.9. The molecular formula is C29H29N3O4. The van der Waals surface area contributed by atoms with Crippen LogP contribution in [0, 0.1) is 5.92 Å². The van der Waals surface area contributed by atoms with Gasteiger partial charge in [0.05, 0.1) is 12.7 Å². The average Bonchev–Trinajstić information content (AvgIpc) is 3.42. The molecule has 0 spiro atoms. The molecule has 1 unspecified atom stereocenters. The molecule has 3 amide bonds. The minimum absolute atomic E-state index is 0.0789. The van der Waals surface area contributed by atoms with E-state index in [1.54, 1.807) is 24.3 Å². The molecule has 0 saturated carbocycles. The molecule has 0 aliphatic heterocycles. The summed E-state index contributed by atoms with van der Waals surface area (Å²) in [5.41, 5.74) is 2.38. The number of amides is 3. The molecule has 0 aliphatic rings. The lowest BCUT2D eigenvalue weighted by Gasteiger charge is -2.22. The van der Waals surface area contributed by atoms with Gasteiger partial charge in [-0.25, -0.2) is 0 Å². The second kappa shape index (κ2) is 11.4. The number of carbonyl (C=O) groups is 3.